The van der Waals surface area contributed by atoms with Crippen molar-refractivity contribution in [3.05, 3.63) is 59.7 Å². The number of piperidine rings is 2. The van der Waals surface area contributed by atoms with E-state index in [-0.39, 0.29) is 35.5 Å². The van der Waals surface area contributed by atoms with Gasteiger partial charge in [-0.2, -0.15) is 0 Å². The van der Waals surface area contributed by atoms with Gasteiger partial charge in [-0.1, -0.05) is 48.5 Å². The number of fused-ring (bicyclic) bond motifs is 4. The Labute approximate surface area is 304 Å². The van der Waals surface area contributed by atoms with E-state index in [0.717, 1.165) is 36.8 Å². The first-order valence-electron chi connectivity index (χ1n) is 18.1. The first kappa shape index (κ1) is 37.0. The lowest BCUT2D eigenvalue weighted by molar-refractivity contribution is -0.151. The van der Waals surface area contributed by atoms with Crippen molar-refractivity contribution >= 4 is 35.7 Å². The average Bonchev–Trinajstić information content (AvgIpc) is 3.90. The highest BCUT2D eigenvalue weighted by Gasteiger charge is 2.54. The van der Waals surface area contributed by atoms with Gasteiger partial charge in [-0.15, -0.1) is 0 Å². The molecule has 0 aromatic heterocycles. The van der Waals surface area contributed by atoms with Crippen LogP contribution in [0.4, 0.5) is 9.59 Å². The first-order valence-corrected chi connectivity index (χ1v) is 18.1. The van der Waals surface area contributed by atoms with E-state index in [1.54, 1.807) is 90.1 Å². The zero-order valence-corrected chi connectivity index (χ0v) is 30.7. The summed E-state index contributed by atoms with van der Waals surface area (Å²) in [5.74, 6) is -1.97. The van der Waals surface area contributed by atoms with E-state index in [1.807, 2.05) is 0 Å². The number of benzene rings is 2. The lowest BCUT2D eigenvalue weighted by atomic mass is 9.99. The summed E-state index contributed by atoms with van der Waals surface area (Å²) in [6, 6.07) is 12.0. The molecule has 6 rings (SSSR count). The third kappa shape index (κ3) is 8.00. The maximum atomic E-state index is 13.1. The minimum absolute atomic E-state index is 0.0140. The van der Waals surface area contributed by atoms with Gasteiger partial charge in [0.1, 0.15) is 23.3 Å². The molecule has 4 bridgehead atoms. The number of carbonyl (C=O) groups excluding carboxylic acids is 6. The van der Waals surface area contributed by atoms with E-state index in [0.29, 0.717) is 24.0 Å². The molecule has 0 N–H and O–H groups in total. The second-order valence-electron chi connectivity index (χ2n) is 16.3. The van der Waals surface area contributed by atoms with Crippen LogP contribution in [0.25, 0.3) is 11.1 Å². The highest BCUT2D eigenvalue weighted by atomic mass is 16.6. The Hall–Kier alpha value is -4.74. The van der Waals surface area contributed by atoms with Crippen molar-refractivity contribution in [2.24, 2.45) is 11.8 Å². The predicted molar refractivity (Wildman–Crippen MR) is 188 cm³/mol. The van der Waals surface area contributed by atoms with E-state index in [2.05, 4.69) is 0 Å². The number of Topliss-reactive ketones (excluding diaryl/α,β-unsaturated/α-hetero) is 2. The lowest BCUT2D eigenvalue weighted by Gasteiger charge is -2.35. The third-order valence-electron chi connectivity index (χ3n) is 10.3. The summed E-state index contributed by atoms with van der Waals surface area (Å²) in [5, 5.41) is 0. The molecular formula is C40H48N2O10. The third-order valence-corrected chi connectivity index (χ3v) is 10.3. The number of esters is 2. The molecule has 6 atom stereocenters. The molecule has 2 aromatic carbocycles. The number of amides is 2. The molecule has 52 heavy (non-hydrogen) atoms. The molecule has 2 amide bonds. The van der Waals surface area contributed by atoms with Gasteiger partial charge >= 0.3 is 24.1 Å². The van der Waals surface area contributed by atoms with Crippen molar-refractivity contribution in [1.29, 1.82) is 0 Å². The number of hydrogen-bond acceptors (Lipinski definition) is 10. The van der Waals surface area contributed by atoms with Crippen LogP contribution in [0.2, 0.25) is 0 Å². The van der Waals surface area contributed by atoms with Crippen LogP contribution in [0.15, 0.2) is 48.5 Å². The first-order chi connectivity index (χ1) is 24.5. The summed E-state index contributed by atoms with van der Waals surface area (Å²) in [6.45, 7) is 9.76. The number of ether oxygens (including phenoxy) is 4. The van der Waals surface area contributed by atoms with Crippen molar-refractivity contribution in [2.45, 2.75) is 115 Å². The topological polar surface area (TPSA) is 146 Å². The molecule has 4 aliphatic rings. The Balaban J connectivity index is 0.999. The zero-order chi connectivity index (χ0) is 37.5. The van der Waals surface area contributed by atoms with Crippen molar-refractivity contribution in [1.82, 2.24) is 9.80 Å². The number of rotatable bonds is 9. The highest BCUT2D eigenvalue weighted by Crippen LogP contribution is 2.44. The van der Waals surface area contributed by atoms with Gasteiger partial charge in [-0.3, -0.25) is 19.4 Å². The molecule has 278 valence electrons. The largest absolute Gasteiger partial charge is 0.456 e. The lowest BCUT2D eigenvalue weighted by Crippen LogP contribution is -2.51. The number of ketones is 2. The molecule has 2 aromatic rings. The van der Waals surface area contributed by atoms with Crippen LogP contribution in [-0.4, -0.2) is 94.1 Å². The van der Waals surface area contributed by atoms with Gasteiger partial charge < -0.3 is 18.9 Å². The summed E-state index contributed by atoms with van der Waals surface area (Å²) in [4.78, 5) is 80.9. The van der Waals surface area contributed by atoms with E-state index < -0.39 is 60.6 Å². The van der Waals surface area contributed by atoms with E-state index in [9.17, 15) is 28.8 Å². The molecule has 2 saturated carbocycles. The maximum Gasteiger partial charge on any atom is 0.411 e. The summed E-state index contributed by atoms with van der Waals surface area (Å²) in [6.07, 6.45) is 3.62. The maximum absolute atomic E-state index is 13.1. The standard InChI is InChI=1S/C40H48N2O10/c1-39(2,3)51-37(47)41-29-17-15-27(19-29)33(41)35(45)49-21-31(43)25-11-7-23(8-12-25)24-9-13-26(14-10-24)32(44)22-50-36(46)34-28-16-18-30(20-28)42(34)38(48)52-40(4,5)6/h7-14,27-30,33-34H,15-22H2,1-6H3/t27?,28?,29?,30?,33-,34-/m0/s1. The normalized spacial score (nSPS) is 24.8. The Morgan fingerprint density at radius 1 is 0.558 bits per heavy atom. The molecule has 12 heteroatoms. The Bertz CT molecular complexity index is 1590. The summed E-state index contributed by atoms with van der Waals surface area (Å²) in [5.41, 5.74) is 0.927. The van der Waals surface area contributed by atoms with Crippen LogP contribution in [0.1, 0.15) is 101 Å². The smallest absolute Gasteiger partial charge is 0.411 e. The molecule has 4 fully saturated rings. The van der Waals surface area contributed by atoms with Crippen LogP contribution in [0.5, 0.6) is 0 Å². The second-order valence-corrected chi connectivity index (χ2v) is 16.3. The van der Waals surface area contributed by atoms with Gasteiger partial charge in [-0.25, -0.2) is 19.2 Å². The van der Waals surface area contributed by atoms with Gasteiger partial charge in [-0.05, 0) is 103 Å². The molecule has 4 unspecified atom stereocenters. The van der Waals surface area contributed by atoms with E-state index in [1.165, 1.54) is 9.80 Å². The summed E-state index contributed by atoms with van der Waals surface area (Å²) >= 11 is 0. The molecule has 2 heterocycles. The van der Waals surface area contributed by atoms with E-state index in [4.69, 9.17) is 18.9 Å². The van der Waals surface area contributed by atoms with Crippen molar-refractivity contribution < 1.29 is 47.7 Å². The van der Waals surface area contributed by atoms with Crippen molar-refractivity contribution in [2.75, 3.05) is 13.2 Å². The highest BCUT2D eigenvalue weighted by molar-refractivity contribution is 6.00. The SMILES string of the molecule is CC(C)(C)OC(=O)N1C2CCC(C2)[C@H]1C(=O)OCC(=O)c1ccc(-c2ccc(C(=O)COC(=O)[C@@H]3C4CCC(C4)N3C(=O)OC(C)(C)C)cc2)cc1. The molecule has 2 saturated heterocycles. The fraction of sp³-hybridized carbons (Fsp3) is 0.550. The predicted octanol–water partition coefficient (Wildman–Crippen LogP) is 6.38. The fourth-order valence-corrected chi connectivity index (χ4v) is 8.05. The number of nitrogens with zero attached hydrogens (tertiary/aromatic N) is 2. The molecule has 0 spiro atoms. The minimum Gasteiger partial charge on any atom is -0.456 e. The van der Waals surface area contributed by atoms with Crippen LogP contribution >= 0.6 is 0 Å². The summed E-state index contributed by atoms with van der Waals surface area (Å²) in [7, 11) is 0. The van der Waals surface area contributed by atoms with Crippen LogP contribution < -0.4 is 0 Å². The molecular weight excluding hydrogens is 668 g/mol. The van der Waals surface area contributed by atoms with Crippen LogP contribution in [0, 0.1) is 11.8 Å². The number of hydrogen-bond donors (Lipinski definition) is 0. The molecule has 2 aliphatic heterocycles. The zero-order valence-electron chi connectivity index (χ0n) is 30.7. The molecule has 12 nitrogen and oxygen atoms in total. The average molecular weight is 717 g/mol. The second kappa shape index (κ2) is 14.4. The van der Waals surface area contributed by atoms with Gasteiger partial charge in [0.15, 0.2) is 24.8 Å². The Morgan fingerprint density at radius 3 is 1.23 bits per heavy atom. The van der Waals surface area contributed by atoms with Gasteiger partial charge in [0.2, 0.25) is 0 Å². The molecule has 0 radical (unpaired) electrons. The van der Waals surface area contributed by atoms with Crippen molar-refractivity contribution in [3.8, 4) is 11.1 Å². The Morgan fingerprint density at radius 2 is 0.904 bits per heavy atom. The van der Waals surface area contributed by atoms with Crippen LogP contribution in [-0.2, 0) is 28.5 Å². The van der Waals surface area contributed by atoms with Crippen LogP contribution in [0.3, 0.4) is 0 Å². The summed E-state index contributed by atoms with van der Waals surface area (Å²) < 4.78 is 22.0. The van der Waals surface area contributed by atoms with Crippen molar-refractivity contribution in [3.63, 3.8) is 0 Å². The quantitative estimate of drug-likeness (QED) is 0.163. The number of carbonyl (C=O) groups is 6. The van der Waals surface area contributed by atoms with Gasteiger partial charge in [0.05, 0.1) is 0 Å². The van der Waals surface area contributed by atoms with Gasteiger partial charge in [0, 0.05) is 23.2 Å². The van der Waals surface area contributed by atoms with Gasteiger partial charge in [0.25, 0.3) is 0 Å². The minimum atomic E-state index is -0.761. The van der Waals surface area contributed by atoms with E-state index >= 15 is 0 Å². The molecule has 2 aliphatic carbocycles. The monoisotopic (exact) mass is 716 g/mol. The fourth-order valence-electron chi connectivity index (χ4n) is 8.05. The Kier molecular flexibility index (Phi) is 10.2. The number of likely N-dealkylation sites (tertiary alicyclic amines) is 2.